The van der Waals surface area contributed by atoms with Gasteiger partial charge < -0.3 is 15.0 Å². The van der Waals surface area contributed by atoms with Crippen LogP contribution < -0.4 is 15.6 Å². The number of pyridine rings is 1. The standard InChI is InChI=1S/C16H17N3O2S/c1-9-10(2)22-16(18-9)17-8-12-6-11-7-13(21-3)4-5-14(11)19-15(12)20/h4-7H,8H2,1-3H3,(H,17,18)(H,19,20). The molecule has 0 atom stereocenters. The predicted molar refractivity (Wildman–Crippen MR) is 90.0 cm³/mol. The molecule has 0 aliphatic heterocycles. The normalized spacial score (nSPS) is 10.9. The lowest BCUT2D eigenvalue weighted by molar-refractivity contribution is 0.415. The molecule has 0 saturated heterocycles. The lowest BCUT2D eigenvalue weighted by Gasteiger charge is -2.06. The Bertz CT molecular complexity index is 863. The summed E-state index contributed by atoms with van der Waals surface area (Å²) in [5, 5.41) is 4.99. The minimum absolute atomic E-state index is 0.0878. The predicted octanol–water partition coefficient (Wildman–Crippen LogP) is 3.22. The maximum absolute atomic E-state index is 12.1. The molecule has 22 heavy (non-hydrogen) atoms. The summed E-state index contributed by atoms with van der Waals surface area (Å²) in [5.74, 6) is 0.768. The number of hydrogen-bond acceptors (Lipinski definition) is 5. The topological polar surface area (TPSA) is 67.0 Å². The highest BCUT2D eigenvalue weighted by molar-refractivity contribution is 7.15. The molecule has 114 valence electrons. The van der Waals surface area contributed by atoms with Crippen molar-refractivity contribution in [2.24, 2.45) is 0 Å². The molecule has 0 unspecified atom stereocenters. The van der Waals surface area contributed by atoms with Crippen LogP contribution >= 0.6 is 11.3 Å². The number of nitrogens with zero attached hydrogens (tertiary/aromatic N) is 1. The molecule has 0 radical (unpaired) electrons. The quantitative estimate of drug-likeness (QED) is 0.776. The van der Waals surface area contributed by atoms with Crippen molar-refractivity contribution in [2.75, 3.05) is 12.4 Å². The number of aromatic nitrogens is 2. The molecule has 6 heteroatoms. The maximum atomic E-state index is 12.1. The zero-order chi connectivity index (χ0) is 15.7. The second-order valence-corrected chi connectivity index (χ2v) is 6.29. The number of thiazole rings is 1. The molecule has 3 aromatic rings. The van der Waals surface area contributed by atoms with Crippen LogP contribution in [0.4, 0.5) is 5.13 Å². The number of fused-ring (bicyclic) bond motifs is 1. The highest BCUT2D eigenvalue weighted by atomic mass is 32.1. The van der Waals surface area contributed by atoms with E-state index >= 15 is 0 Å². The Morgan fingerprint density at radius 2 is 2.14 bits per heavy atom. The lowest BCUT2D eigenvalue weighted by atomic mass is 10.1. The van der Waals surface area contributed by atoms with Crippen molar-refractivity contribution >= 4 is 27.4 Å². The fraction of sp³-hybridized carbons (Fsp3) is 0.250. The van der Waals surface area contributed by atoms with Gasteiger partial charge in [-0.15, -0.1) is 11.3 Å². The molecule has 0 amide bonds. The molecule has 0 bridgehead atoms. The molecule has 1 aromatic carbocycles. The van der Waals surface area contributed by atoms with E-state index in [0.717, 1.165) is 27.5 Å². The van der Waals surface area contributed by atoms with Gasteiger partial charge in [-0.05, 0) is 38.1 Å². The van der Waals surface area contributed by atoms with Crippen molar-refractivity contribution in [1.82, 2.24) is 9.97 Å². The zero-order valence-corrected chi connectivity index (χ0v) is 13.5. The van der Waals surface area contributed by atoms with Gasteiger partial charge in [-0.2, -0.15) is 0 Å². The molecule has 2 aromatic heterocycles. The summed E-state index contributed by atoms with van der Waals surface area (Å²) >= 11 is 1.59. The van der Waals surface area contributed by atoms with Crippen LogP contribution in [0.15, 0.2) is 29.1 Å². The van der Waals surface area contributed by atoms with Crippen LogP contribution in [0.3, 0.4) is 0 Å². The Morgan fingerprint density at radius 3 is 2.82 bits per heavy atom. The van der Waals surface area contributed by atoms with E-state index < -0.39 is 0 Å². The number of nitrogens with one attached hydrogen (secondary N) is 2. The number of aryl methyl sites for hydroxylation is 2. The maximum Gasteiger partial charge on any atom is 0.253 e. The van der Waals surface area contributed by atoms with Crippen molar-refractivity contribution in [1.29, 1.82) is 0 Å². The lowest BCUT2D eigenvalue weighted by Crippen LogP contribution is -2.15. The van der Waals surface area contributed by atoms with Crippen LogP contribution in [0.1, 0.15) is 16.1 Å². The average molecular weight is 315 g/mol. The number of methoxy groups -OCH3 is 1. The molecule has 5 nitrogen and oxygen atoms in total. The number of benzene rings is 1. The van der Waals surface area contributed by atoms with E-state index in [4.69, 9.17) is 4.74 Å². The van der Waals surface area contributed by atoms with Crippen molar-refractivity contribution in [2.45, 2.75) is 20.4 Å². The summed E-state index contributed by atoms with van der Waals surface area (Å²) in [6.45, 7) is 4.45. The number of aromatic amines is 1. The molecule has 0 aliphatic rings. The average Bonchev–Trinajstić information content (AvgIpc) is 2.83. The Morgan fingerprint density at radius 1 is 1.32 bits per heavy atom. The first-order valence-corrected chi connectivity index (χ1v) is 7.76. The van der Waals surface area contributed by atoms with Crippen molar-refractivity contribution in [3.05, 3.63) is 50.8 Å². The van der Waals surface area contributed by atoms with Gasteiger partial charge in [0.2, 0.25) is 0 Å². The number of anilines is 1. The number of H-pyrrole nitrogens is 1. The SMILES string of the molecule is COc1ccc2[nH]c(=O)c(CNc3nc(C)c(C)s3)cc2c1. The van der Waals surface area contributed by atoms with E-state index in [1.54, 1.807) is 18.4 Å². The summed E-state index contributed by atoms with van der Waals surface area (Å²) in [4.78, 5) is 20.6. The van der Waals surface area contributed by atoms with Crippen molar-refractivity contribution in [3.63, 3.8) is 0 Å². The minimum Gasteiger partial charge on any atom is -0.497 e. The van der Waals surface area contributed by atoms with Gasteiger partial charge in [0.1, 0.15) is 5.75 Å². The van der Waals surface area contributed by atoms with E-state index in [9.17, 15) is 4.79 Å². The molecule has 2 N–H and O–H groups in total. The molecule has 2 heterocycles. The van der Waals surface area contributed by atoms with Crippen LogP contribution in [0.2, 0.25) is 0 Å². The van der Waals surface area contributed by atoms with Gasteiger partial charge >= 0.3 is 0 Å². The number of hydrogen-bond donors (Lipinski definition) is 2. The summed E-state index contributed by atoms with van der Waals surface area (Å²) in [7, 11) is 1.63. The van der Waals surface area contributed by atoms with E-state index in [0.29, 0.717) is 12.1 Å². The molecular weight excluding hydrogens is 298 g/mol. The van der Waals surface area contributed by atoms with Gasteiger partial charge in [-0.25, -0.2) is 4.98 Å². The third-order valence-electron chi connectivity index (χ3n) is 3.59. The van der Waals surface area contributed by atoms with Crippen LogP contribution in [0.5, 0.6) is 5.75 Å². The van der Waals surface area contributed by atoms with E-state index in [1.807, 2.05) is 38.1 Å². The smallest absolute Gasteiger partial charge is 0.253 e. The summed E-state index contributed by atoms with van der Waals surface area (Å²) < 4.78 is 5.22. The Kier molecular flexibility index (Phi) is 3.85. The Balaban J connectivity index is 1.89. The largest absolute Gasteiger partial charge is 0.497 e. The van der Waals surface area contributed by atoms with Gasteiger partial charge in [0, 0.05) is 27.9 Å². The summed E-state index contributed by atoms with van der Waals surface area (Å²) in [6, 6.07) is 7.47. The first-order valence-electron chi connectivity index (χ1n) is 6.94. The van der Waals surface area contributed by atoms with Gasteiger partial charge in [-0.3, -0.25) is 4.79 Å². The highest BCUT2D eigenvalue weighted by Crippen LogP contribution is 2.22. The first kappa shape index (κ1) is 14.6. The summed E-state index contributed by atoms with van der Waals surface area (Å²) in [6.07, 6.45) is 0. The first-order chi connectivity index (χ1) is 10.6. The number of rotatable bonds is 4. The van der Waals surface area contributed by atoms with Crippen LogP contribution in [-0.4, -0.2) is 17.1 Å². The zero-order valence-electron chi connectivity index (χ0n) is 12.7. The summed E-state index contributed by atoms with van der Waals surface area (Å²) in [5.41, 5.74) is 2.40. The second kappa shape index (κ2) is 5.81. The van der Waals surface area contributed by atoms with Gasteiger partial charge in [0.05, 0.1) is 12.8 Å². The van der Waals surface area contributed by atoms with Crippen molar-refractivity contribution < 1.29 is 4.74 Å². The molecule has 0 saturated carbocycles. The van der Waals surface area contributed by atoms with Crippen LogP contribution in [0, 0.1) is 13.8 Å². The second-order valence-electron chi connectivity index (χ2n) is 5.09. The molecule has 3 rings (SSSR count). The third-order valence-corrected chi connectivity index (χ3v) is 4.62. The molecule has 0 aliphatic carbocycles. The number of ether oxygens (including phenoxy) is 1. The van der Waals surface area contributed by atoms with Gasteiger partial charge in [0.15, 0.2) is 5.13 Å². The molecule has 0 fully saturated rings. The Labute approximate surface area is 132 Å². The molecule has 0 spiro atoms. The van der Waals surface area contributed by atoms with Crippen molar-refractivity contribution in [3.8, 4) is 5.75 Å². The fourth-order valence-electron chi connectivity index (χ4n) is 2.21. The Hall–Kier alpha value is -2.34. The monoisotopic (exact) mass is 315 g/mol. The van der Waals surface area contributed by atoms with Crippen LogP contribution in [0.25, 0.3) is 10.9 Å². The van der Waals surface area contributed by atoms with E-state index in [2.05, 4.69) is 15.3 Å². The van der Waals surface area contributed by atoms with Gasteiger partial charge in [0.25, 0.3) is 5.56 Å². The van der Waals surface area contributed by atoms with Crippen LogP contribution in [-0.2, 0) is 6.54 Å². The minimum atomic E-state index is -0.0878. The van der Waals surface area contributed by atoms with Gasteiger partial charge in [-0.1, -0.05) is 0 Å². The fourth-order valence-corrected chi connectivity index (χ4v) is 3.02. The molecular formula is C16H17N3O2S. The third kappa shape index (κ3) is 2.82. The van der Waals surface area contributed by atoms with E-state index in [1.165, 1.54) is 4.88 Å². The van der Waals surface area contributed by atoms with E-state index in [-0.39, 0.29) is 5.56 Å². The highest BCUT2D eigenvalue weighted by Gasteiger charge is 2.07.